The number of para-hydroxylation sites is 2. The van der Waals surface area contributed by atoms with Crippen molar-refractivity contribution in [2.75, 3.05) is 27.0 Å². The summed E-state index contributed by atoms with van der Waals surface area (Å²) in [5.74, 6) is 0.680. The molecule has 1 heterocycles. The maximum Gasteiger partial charge on any atom is 0.262 e. The van der Waals surface area contributed by atoms with Gasteiger partial charge < -0.3 is 4.74 Å². The summed E-state index contributed by atoms with van der Waals surface area (Å²) in [6.45, 7) is 0.304. The van der Waals surface area contributed by atoms with Crippen molar-refractivity contribution in [3.63, 3.8) is 0 Å². The lowest BCUT2D eigenvalue weighted by molar-refractivity contribution is -0.122. The summed E-state index contributed by atoms with van der Waals surface area (Å²) in [6.07, 6.45) is 0. The molecule has 8 heteroatoms. The molecule has 0 aliphatic rings. The summed E-state index contributed by atoms with van der Waals surface area (Å²) in [5, 5.41) is 2.61. The van der Waals surface area contributed by atoms with Gasteiger partial charge in [0.15, 0.2) is 5.16 Å². The van der Waals surface area contributed by atoms with Gasteiger partial charge in [0.2, 0.25) is 5.91 Å². The van der Waals surface area contributed by atoms with Gasteiger partial charge in [-0.15, -0.1) is 0 Å². The quantitative estimate of drug-likeness (QED) is 0.373. The highest BCUT2D eigenvalue weighted by molar-refractivity contribution is 7.99. The van der Waals surface area contributed by atoms with Crippen LogP contribution in [0.1, 0.15) is 5.56 Å². The average molecular weight is 398 g/mol. The van der Waals surface area contributed by atoms with Gasteiger partial charge in [0, 0.05) is 19.7 Å². The number of fused-ring (bicyclic) bond motifs is 1. The van der Waals surface area contributed by atoms with Crippen molar-refractivity contribution in [2.24, 2.45) is 0 Å². The third kappa shape index (κ3) is 4.52. The highest BCUT2D eigenvalue weighted by Crippen LogP contribution is 2.22. The predicted octanol–water partition coefficient (Wildman–Crippen LogP) is 2.14. The predicted molar refractivity (Wildman–Crippen MR) is 111 cm³/mol. The summed E-state index contributed by atoms with van der Waals surface area (Å²) < 4.78 is 7.01. The number of thioether (sulfide) groups is 1. The molecule has 146 valence electrons. The highest BCUT2D eigenvalue weighted by atomic mass is 32.2. The fourth-order valence-electron chi connectivity index (χ4n) is 2.81. The van der Waals surface area contributed by atoms with Crippen molar-refractivity contribution in [3.8, 4) is 5.75 Å². The fourth-order valence-corrected chi connectivity index (χ4v) is 3.60. The maximum absolute atomic E-state index is 13.1. The van der Waals surface area contributed by atoms with Crippen molar-refractivity contribution >= 4 is 28.6 Å². The van der Waals surface area contributed by atoms with Gasteiger partial charge in [-0.05, 0) is 18.2 Å². The maximum atomic E-state index is 13.1. The summed E-state index contributed by atoms with van der Waals surface area (Å²) in [4.78, 5) is 29.8. The second-order valence-corrected chi connectivity index (χ2v) is 7.28. The Morgan fingerprint density at radius 1 is 1.18 bits per heavy atom. The van der Waals surface area contributed by atoms with E-state index in [2.05, 4.69) is 10.4 Å². The number of carbonyl (C=O) groups excluding carboxylic acids is 1. The molecule has 0 aliphatic heterocycles. The van der Waals surface area contributed by atoms with Crippen LogP contribution in [0.2, 0.25) is 0 Å². The van der Waals surface area contributed by atoms with Gasteiger partial charge in [-0.3, -0.25) is 19.6 Å². The number of nitrogens with zero attached hydrogens (tertiary/aromatic N) is 3. The molecular weight excluding hydrogens is 376 g/mol. The van der Waals surface area contributed by atoms with Crippen LogP contribution in [-0.2, 0) is 11.3 Å². The molecule has 3 rings (SSSR count). The first-order chi connectivity index (χ1) is 13.5. The van der Waals surface area contributed by atoms with Crippen molar-refractivity contribution in [3.05, 3.63) is 64.4 Å². The Balaban J connectivity index is 2.01. The number of amides is 1. The SMILES string of the molecule is COc1ccccc1Cn1c(SCC(=O)NN(C)C)nc2ccccc2c1=O. The van der Waals surface area contributed by atoms with Crippen molar-refractivity contribution < 1.29 is 9.53 Å². The molecule has 0 fully saturated rings. The first-order valence-electron chi connectivity index (χ1n) is 8.70. The molecule has 0 atom stereocenters. The van der Waals surface area contributed by atoms with Crippen molar-refractivity contribution in [1.82, 2.24) is 20.0 Å². The molecule has 1 N–H and O–H groups in total. The van der Waals surface area contributed by atoms with E-state index < -0.39 is 0 Å². The number of carbonyl (C=O) groups is 1. The number of benzene rings is 2. The summed E-state index contributed by atoms with van der Waals surface area (Å²) in [5.41, 5.74) is 4.02. The summed E-state index contributed by atoms with van der Waals surface area (Å²) in [7, 11) is 5.09. The second-order valence-electron chi connectivity index (χ2n) is 6.33. The van der Waals surface area contributed by atoms with E-state index in [1.54, 1.807) is 42.9 Å². The zero-order valence-corrected chi connectivity index (χ0v) is 16.8. The summed E-state index contributed by atoms with van der Waals surface area (Å²) in [6, 6.07) is 14.8. The standard InChI is InChI=1S/C20H22N4O3S/c1-23(2)22-18(25)13-28-20-21-16-10-6-5-9-15(16)19(26)24(20)12-14-8-4-7-11-17(14)27-3/h4-11H,12-13H2,1-3H3,(H,22,25). The molecule has 0 saturated carbocycles. The Labute approximate surface area is 167 Å². The zero-order valence-electron chi connectivity index (χ0n) is 16.0. The van der Waals surface area contributed by atoms with Gasteiger partial charge in [0.25, 0.3) is 5.56 Å². The van der Waals surface area contributed by atoms with Crippen molar-refractivity contribution in [1.29, 1.82) is 0 Å². The molecule has 0 unspecified atom stereocenters. The number of rotatable bonds is 7. The lowest BCUT2D eigenvalue weighted by Gasteiger charge is -2.15. The van der Waals surface area contributed by atoms with Crippen LogP contribution in [0.15, 0.2) is 58.5 Å². The molecule has 2 aromatic carbocycles. The molecule has 0 spiro atoms. The number of hydrogen-bond acceptors (Lipinski definition) is 6. The monoisotopic (exact) mass is 398 g/mol. The van der Waals surface area contributed by atoms with Gasteiger partial charge in [-0.1, -0.05) is 42.1 Å². The van der Waals surface area contributed by atoms with Gasteiger partial charge in [-0.2, -0.15) is 0 Å². The van der Waals surface area contributed by atoms with Crippen LogP contribution in [0.5, 0.6) is 5.75 Å². The third-order valence-electron chi connectivity index (χ3n) is 4.03. The van der Waals surface area contributed by atoms with Crippen LogP contribution < -0.4 is 15.7 Å². The van der Waals surface area contributed by atoms with Crippen LogP contribution in [0.3, 0.4) is 0 Å². The lowest BCUT2D eigenvalue weighted by Crippen LogP contribution is -2.37. The van der Waals surface area contributed by atoms with E-state index in [4.69, 9.17) is 4.74 Å². The van der Waals surface area contributed by atoms with Crippen LogP contribution in [0.25, 0.3) is 10.9 Å². The van der Waals surface area contributed by atoms with E-state index in [0.717, 1.165) is 5.56 Å². The van der Waals surface area contributed by atoms with Gasteiger partial charge in [0.05, 0.1) is 30.3 Å². The van der Waals surface area contributed by atoms with E-state index in [9.17, 15) is 9.59 Å². The number of ether oxygens (including phenoxy) is 1. The number of methoxy groups -OCH3 is 1. The summed E-state index contributed by atoms with van der Waals surface area (Å²) >= 11 is 1.23. The van der Waals surface area contributed by atoms with Crippen LogP contribution in [-0.4, -0.2) is 47.4 Å². The number of nitrogens with one attached hydrogen (secondary N) is 1. The van der Waals surface area contributed by atoms with E-state index >= 15 is 0 Å². The van der Waals surface area contributed by atoms with Gasteiger partial charge in [0.1, 0.15) is 5.75 Å². The zero-order chi connectivity index (χ0) is 20.1. The minimum Gasteiger partial charge on any atom is -0.496 e. The Kier molecular flexibility index (Phi) is 6.33. The normalized spacial score (nSPS) is 11.0. The molecule has 28 heavy (non-hydrogen) atoms. The molecule has 0 radical (unpaired) electrons. The Morgan fingerprint density at radius 3 is 2.64 bits per heavy atom. The Bertz CT molecular complexity index is 1050. The Morgan fingerprint density at radius 2 is 1.89 bits per heavy atom. The van der Waals surface area contributed by atoms with Crippen LogP contribution >= 0.6 is 11.8 Å². The minimum atomic E-state index is -0.166. The molecule has 1 aromatic heterocycles. The van der Waals surface area contributed by atoms with E-state index in [-0.39, 0.29) is 17.2 Å². The number of aromatic nitrogens is 2. The van der Waals surface area contributed by atoms with Crippen LogP contribution in [0.4, 0.5) is 0 Å². The second kappa shape index (κ2) is 8.90. The number of hydrazine groups is 1. The molecule has 0 aliphatic carbocycles. The highest BCUT2D eigenvalue weighted by Gasteiger charge is 2.15. The fraction of sp³-hybridized carbons (Fsp3) is 0.250. The average Bonchev–Trinajstić information content (AvgIpc) is 2.68. The minimum absolute atomic E-state index is 0.146. The molecule has 3 aromatic rings. The first kappa shape index (κ1) is 19.9. The third-order valence-corrected chi connectivity index (χ3v) is 5.00. The molecule has 7 nitrogen and oxygen atoms in total. The molecule has 0 bridgehead atoms. The number of hydrogen-bond donors (Lipinski definition) is 1. The Hall–Kier alpha value is -2.84. The van der Waals surface area contributed by atoms with Crippen molar-refractivity contribution in [2.45, 2.75) is 11.7 Å². The smallest absolute Gasteiger partial charge is 0.262 e. The van der Waals surface area contributed by atoms with E-state index in [1.165, 1.54) is 11.8 Å². The first-order valence-corrected chi connectivity index (χ1v) is 9.69. The van der Waals surface area contributed by atoms with Gasteiger partial charge in [-0.25, -0.2) is 9.99 Å². The molecule has 0 saturated heterocycles. The lowest BCUT2D eigenvalue weighted by atomic mass is 10.2. The van der Waals surface area contributed by atoms with Crippen LogP contribution in [0, 0.1) is 0 Å². The van der Waals surface area contributed by atoms with E-state index in [1.807, 2.05) is 36.4 Å². The molecular formula is C20H22N4O3S. The molecule has 1 amide bonds. The van der Waals surface area contributed by atoms with E-state index in [0.29, 0.717) is 28.4 Å². The van der Waals surface area contributed by atoms with Gasteiger partial charge >= 0.3 is 0 Å². The topological polar surface area (TPSA) is 76.5 Å². The largest absolute Gasteiger partial charge is 0.496 e.